The Morgan fingerprint density at radius 2 is 0.434 bits per heavy atom. The van der Waals surface area contributed by atoms with Gasteiger partial charge in [0.05, 0.1) is 0 Å². The Labute approximate surface area is 517 Å². The third-order valence-electron chi connectivity index (χ3n) is 16.5. The molecule has 0 heterocycles. The van der Waals surface area contributed by atoms with Gasteiger partial charge < -0.3 is 14.2 Å². The Morgan fingerprint density at radius 1 is 0.241 bits per heavy atom. The highest BCUT2D eigenvalue weighted by Crippen LogP contribution is 2.18. The Bertz CT molecular complexity index is 1470. The predicted octanol–water partition coefficient (Wildman–Crippen LogP) is 25.5. The van der Waals surface area contributed by atoms with E-state index < -0.39 is 6.10 Å². The quantitative estimate of drug-likeness (QED) is 0.0261. The van der Waals surface area contributed by atoms with Crippen LogP contribution in [0.15, 0.2) is 60.8 Å². The van der Waals surface area contributed by atoms with Crippen LogP contribution in [-0.2, 0) is 28.6 Å². The maximum Gasteiger partial charge on any atom is 0.306 e. The van der Waals surface area contributed by atoms with Gasteiger partial charge in [0.15, 0.2) is 6.10 Å². The van der Waals surface area contributed by atoms with E-state index >= 15 is 0 Å². The van der Waals surface area contributed by atoms with E-state index in [2.05, 4.69) is 81.5 Å². The lowest BCUT2D eigenvalue weighted by atomic mass is 10.0. The van der Waals surface area contributed by atoms with E-state index in [0.29, 0.717) is 19.3 Å². The van der Waals surface area contributed by atoms with Gasteiger partial charge in [0, 0.05) is 19.3 Å². The average Bonchev–Trinajstić information content (AvgIpc) is 3.49. The minimum absolute atomic E-state index is 0.0811. The van der Waals surface area contributed by atoms with E-state index in [-0.39, 0.29) is 31.1 Å². The summed E-state index contributed by atoms with van der Waals surface area (Å²) in [5.41, 5.74) is 0. The molecule has 83 heavy (non-hydrogen) atoms. The summed E-state index contributed by atoms with van der Waals surface area (Å²) in [5, 5.41) is 0. The van der Waals surface area contributed by atoms with E-state index in [1.807, 2.05) is 0 Å². The smallest absolute Gasteiger partial charge is 0.306 e. The second kappa shape index (κ2) is 71.6. The highest BCUT2D eigenvalue weighted by atomic mass is 16.6. The predicted molar refractivity (Wildman–Crippen MR) is 362 cm³/mol. The Kier molecular flexibility index (Phi) is 69.1. The van der Waals surface area contributed by atoms with E-state index in [4.69, 9.17) is 14.2 Å². The van der Waals surface area contributed by atoms with Crippen molar-refractivity contribution in [3.05, 3.63) is 60.8 Å². The monoisotopic (exact) mass is 1160 g/mol. The molecule has 0 aliphatic heterocycles. The van der Waals surface area contributed by atoms with Crippen LogP contribution in [-0.4, -0.2) is 37.2 Å². The molecule has 0 aliphatic rings. The molecule has 0 spiro atoms. The van der Waals surface area contributed by atoms with E-state index in [9.17, 15) is 14.4 Å². The lowest BCUT2D eigenvalue weighted by Gasteiger charge is -2.18. The van der Waals surface area contributed by atoms with Crippen LogP contribution in [0.25, 0.3) is 0 Å². The summed E-state index contributed by atoms with van der Waals surface area (Å²) in [6.07, 6.45) is 92.8. The highest BCUT2D eigenvalue weighted by molar-refractivity contribution is 5.71. The van der Waals surface area contributed by atoms with E-state index in [1.165, 1.54) is 250 Å². The van der Waals surface area contributed by atoms with Crippen LogP contribution in [0.5, 0.6) is 0 Å². The number of carbonyl (C=O) groups is 3. The number of hydrogen-bond acceptors (Lipinski definition) is 6. The van der Waals surface area contributed by atoms with E-state index in [0.717, 1.165) is 103 Å². The number of unbranched alkanes of at least 4 members (excludes halogenated alkanes) is 47. The van der Waals surface area contributed by atoms with Gasteiger partial charge in [-0.1, -0.05) is 326 Å². The number of carbonyl (C=O) groups excluding carboxylic acids is 3. The molecule has 0 fully saturated rings. The second-order valence-corrected chi connectivity index (χ2v) is 24.8. The maximum absolute atomic E-state index is 12.9. The van der Waals surface area contributed by atoms with Gasteiger partial charge in [-0.3, -0.25) is 14.4 Å². The molecule has 0 aromatic carbocycles. The third kappa shape index (κ3) is 69.8. The molecule has 0 aromatic heterocycles. The van der Waals surface area contributed by atoms with Gasteiger partial charge in [0.2, 0.25) is 0 Å². The molecule has 0 aromatic rings. The Balaban J connectivity index is 4.10. The summed E-state index contributed by atoms with van der Waals surface area (Å²) >= 11 is 0. The summed E-state index contributed by atoms with van der Waals surface area (Å²) in [5.74, 6) is -0.888. The first-order valence-corrected chi connectivity index (χ1v) is 36.8. The van der Waals surface area contributed by atoms with Gasteiger partial charge >= 0.3 is 17.9 Å². The first kappa shape index (κ1) is 80.1. The number of rotatable bonds is 68. The number of ether oxygens (including phenoxy) is 3. The van der Waals surface area contributed by atoms with Gasteiger partial charge in [-0.15, -0.1) is 0 Å². The fourth-order valence-electron chi connectivity index (χ4n) is 10.9. The molecule has 0 amide bonds. The van der Waals surface area contributed by atoms with Crippen molar-refractivity contribution in [2.75, 3.05) is 13.2 Å². The number of allylic oxidation sites excluding steroid dienone is 10. The Hall–Kier alpha value is -2.89. The molecule has 0 saturated heterocycles. The fourth-order valence-corrected chi connectivity index (χ4v) is 10.9. The summed E-state index contributed by atoms with van der Waals surface area (Å²) in [7, 11) is 0. The van der Waals surface area contributed by atoms with Gasteiger partial charge in [0.25, 0.3) is 0 Å². The number of esters is 3. The van der Waals surface area contributed by atoms with Crippen molar-refractivity contribution in [2.45, 2.75) is 399 Å². The third-order valence-corrected chi connectivity index (χ3v) is 16.5. The largest absolute Gasteiger partial charge is 0.462 e. The van der Waals surface area contributed by atoms with E-state index in [1.54, 1.807) is 0 Å². The molecule has 6 nitrogen and oxygen atoms in total. The summed E-state index contributed by atoms with van der Waals surface area (Å²) < 4.78 is 16.9. The first-order valence-electron chi connectivity index (χ1n) is 36.8. The minimum atomic E-state index is -0.787. The second-order valence-electron chi connectivity index (χ2n) is 24.8. The van der Waals surface area contributed by atoms with Crippen LogP contribution in [0.4, 0.5) is 0 Å². The van der Waals surface area contributed by atoms with Crippen molar-refractivity contribution in [1.82, 2.24) is 0 Å². The fraction of sp³-hybridized carbons (Fsp3) is 0.831. The lowest BCUT2D eigenvalue weighted by molar-refractivity contribution is -0.167. The van der Waals surface area contributed by atoms with Crippen LogP contribution in [0.3, 0.4) is 0 Å². The minimum Gasteiger partial charge on any atom is -0.462 e. The van der Waals surface area contributed by atoms with Gasteiger partial charge in [-0.25, -0.2) is 0 Å². The van der Waals surface area contributed by atoms with Crippen molar-refractivity contribution in [1.29, 1.82) is 0 Å². The van der Waals surface area contributed by atoms with Gasteiger partial charge in [0.1, 0.15) is 13.2 Å². The molecule has 6 heteroatoms. The molecule has 1 unspecified atom stereocenters. The molecule has 484 valence electrons. The molecule has 0 N–H and O–H groups in total. The molecule has 1 atom stereocenters. The van der Waals surface area contributed by atoms with Crippen molar-refractivity contribution in [3.8, 4) is 0 Å². The average molecular weight is 1160 g/mol. The first-order chi connectivity index (χ1) is 41.0. The van der Waals surface area contributed by atoms with Crippen molar-refractivity contribution in [2.24, 2.45) is 0 Å². The topological polar surface area (TPSA) is 78.9 Å². The SMILES string of the molecule is CCCCC/C=C\C/C=C\CCCCCCCC(=O)OCC(COC(=O)CCCCCCCCCCCCCCCCCCCCCCCCC/C=C\CCCCCCCCCC)OC(=O)CCCCCCC/C=C\C/C=C\CCCCC. The summed E-state index contributed by atoms with van der Waals surface area (Å²) in [6.45, 7) is 6.62. The number of hydrogen-bond donors (Lipinski definition) is 0. The summed E-state index contributed by atoms with van der Waals surface area (Å²) in [6, 6.07) is 0. The van der Waals surface area contributed by atoms with Crippen molar-refractivity contribution < 1.29 is 28.6 Å². The molecule has 0 rings (SSSR count). The Morgan fingerprint density at radius 3 is 0.699 bits per heavy atom. The summed E-state index contributed by atoms with van der Waals surface area (Å²) in [4.78, 5) is 38.4. The molecule has 0 radical (unpaired) electrons. The molecular formula is C77H140O6. The van der Waals surface area contributed by atoms with Crippen molar-refractivity contribution in [3.63, 3.8) is 0 Å². The zero-order valence-corrected chi connectivity index (χ0v) is 55.7. The van der Waals surface area contributed by atoms with Crippen LogP contribution in [0.1, 0.15) is 393 Å². The molecule has 0 saturated carbocycles. The zero-order valence-electron chi connectivity index (χ0n) is 55.7. The van der Waals surface area contributed by atoms with Crippen LogP contribution in [0, 0.1) is 0 Å². The standard InChI is InChI=1S/C77H140O6/c1-4-7-10-13-16-19-22-25-28-29-30-31-32-33-34-35-36-37-38-39-40-41-42-43-44-45-46-47-50-52-55-58-61-64-67-70-76(79)82-73-74(83-77(80)71-68-65-62-59-56-53-49-27-24-21-18-15-12-9-6-3)72-81-75(78)69-66-63-60-57-54-51-48-26-23-20-17-14-11-8-5-2/h17-18,20-21,26-27,29-30,48-49,74H,4-16,19,22-25,28,31-47,50-73H2,1-3H3/b20-17-,21-18-,30-29-,48-26-,49-27-. The lowest BCUT2D eigenvalue weighted by Crippen LogP contribution is -2.30. The van der Waals surface area contributed by atoms with Crippen LogP contribution < -0.4 is 0 Å². The normalized spacial score (nSPS) is 12.4. The highest BCUT2D eigenvalue weighted by Gasteiger charge is 2.19. The maximum atomic E-state index is 12.9. The van der Waals surface area contributed by atoms with Crippen LogP contribution in [0.2, 0.25) is 0 Å². The van der Waals surface area contributed by atoms with Crippen molar-refractivity contribution >= 4 is 17.9 Å². The molecule has 0 bridgehead atoms. The molecule has 0 aliphatic carbocycles. The van der Waals surface area contributed by atoms with Gasteiger partial charge in [-0.05, 0) is 109 Å². The van der Waals surface area contributed by atoms with Gasteiger partial charge in [-0.2, -0.15) is 0 Å². The molecular weight excluding hydrogens is 1020 g/mol. The van der Waals surface area contributed by atoms with Crippen LogP contribution >= 0.6 is 0 Å². The zero-order chi connectivity index (χ0) is 59.9.